The number of carbonyl (C=O) groups excluding carboxylic acids is 1. The van der Waals surface area contributed by atoms with Crippen LogP contribution < -0.4 is 5.32 Å². The summed E-state index contributed by atoms with van der Waals surface area (Å²) in [5.74, 6) is 0.601. The van der Waals surface area contributed by atoms with Crippen LogP contribution in [0.3, 0.4) is 0 Å². The van der Waals surface area contributed by atoms with Crippen molar-refractivity contribution in [3.63, 3.8) is 0 Å². The Kier molecular flexibility index (Phi) is 3.83. The molecule has 2 rings (SSSR count). The molecule has 2 aliphatic heterocycles. The number of piperidine rings is 1. The van der Waals surface area contributed by atoms with Gasteiger partial charge in [-0.15, -0.1) is 0 Å². The highest BCUT2D eigenvalue weighted by molar-refractivity contribution is 5.69. The van der Waals surface area contributed by atoms with Gasteiger partial charge in [0.05, 0.1) is 0 Å². The van der Waals surface area contributed by atoms with Gasteiger partial charge in [-0.3, -0.25) is 0 Å². The third kappa shape index (κ3) is 3.62. The zero-order chi connectivity index (χ0) is 14.3. The van der Waals surface area contributed by atoms with Gasteiger partial charge in [0.1, 0.15) is 5.60 Å². The third-order valence-electron chi connectivity index (χ3n) is 4.10. The number of nitrogens with zero attached hydrogens (tertiary/aromatic N) is 1. The van der Waals surface area contributed by atoms with E-state index in [0.717, 1.165) is 26.1 Å². The van der Waals surface area contributed by atoms with E-state index in [1.165, 1.54) is 6.42 Å². The first-order valence-corrected chi connectivity index (χ1v) is 7.38. The molecule has 1 N–H and O–H groups in total. The summed E-state index contributed by atoms with van der Waals surface area (Å²) in [6, 6.07) is 0.351. The Morgan fingerprint density at radius 1 is 1.32 bits per heavy atom. The minimum Gasteiger partial charge on any atom is -0.444 e. The smallest absolute Gasteiger partial charge is 0.410 e. The highest BCUT2D eigenvalue weighted by atomic mass is 16.6. The van der Waals surface area contributed by atoms with Gasteiger partial charge in [0.25, 0.3) is 0 Å². The van der Waals surface area contributed by atoms with Crippen LogP contribution in [0.15, 0.2) is 0 Å². The standard InChI is InChI=1S/C15H28N2O2/c1-14(2,3)19-13(18)17-10-15(4,5)7-6-12(17)11-8-16-9-11/h11-12,16H,6-10H2,1-5H3. The van der Waals surface area contributed by atoms with Crippen molar-refractivity contribution in [2.45, 2.75) is 59.1 Å². The molecule has 2 fully saturated rings. The van der Waals surface area contributed by atoms with Gasteiger partial charge in [0, 0.05) is 31.6 Å². The minimum absolute atomic E-state index is 0.142. The maximum absolute atomic E-state index is 12.4. The predicted molar refractivity (Wildman–Crippen MR) is 76.1 cm³/mol. The highest BCUT2D eigenvalue weighted by Crippen LogP contribution is 2.36. The van der Waals surface area contributed by atoms with Crippen molar-refractivity contribution >= 4 is 6.09 Å². The van der Waals surface area contributed by atoms with E-state index in [2.05, 4.69) is 19.2 Å². The maximum Gasteiger partial charge on any atom is 0.410 e. The average molecular weight is 268 g/mol. The molecular weight excluding hydrogens is 240 g/mol. The molecule has 0 bridgehead atoms. The Morgan fingerprint density at radius 2 is 1.95 bits per heavy atom. The molecule has 0 spiro atoms. The molecule has 0 saturated carbocycles. The summed E-state index contributed by atoms with van der Waals surface area (Å²) >= 11 is 0. The lowest BCUT2D eigenvalue weighted by atomic mass is 9.77. The van der Waals surface area contributed by atoms with Crippen LogP contribution in [0.1, 0.15) is 47.5 Å². The van der Waals surface area contributed by atoms with Gasteiger partial charge in [-0.2, -0.15) is 0 Å². The number of likely N-dealkylation sites (tertiary alicyclic amines) is 1. The first kappa shape index (κ1) is 14.6. The lowest BCUT2D eigenvalue weighted by Gasteiger charge is -2.48. The first-order valence-electron chi connectivity index (χ1n) is 7.38. The summed E-state index contributed by atoms with van der Waals surface area (Å²) in [6.45, 7) is 13.1. The molecular formula is C15H28N2O2. The normalized spacial score (nSPS) is 27.8. The molecule has 0 aromatic heterocycles. The number of ether oxygens (including phenoxy) is 1. The molecule has 1 amide bonds. The van der Waals surface area contributed by atoms with E-state index in [1.54, 1.807) is 0 Å². The second-order valence-corrected chi connectivity index (χ2v) is 7.80. The topological polar surface area (TPSA) is 41.6 Å². The van der Waals surface area contributed by atoms with Gasteiger partial charge >= 0.3 is 6.09 Å². The summed E-state index contributed by atoms with van der Waals surface area (Å²) in [5, 5.41) is 3.31. The van der Waals surface area contributed by atoms with E-state index in [4.69, 9.17) is 4.74 Å². The van der Waals surface area contributed by atoms with E-state index >= 15 is 0 Å². The van der Waals surface area contributed by atoms with E-state index in [9.17, 15) is 4.79 Å². The summed E-state index contributed by atoms with van der Waals surface area (Å²) in [5.41, 5.74) is -0.217. The van der Waals surface area contributed by atoms with Crippen LogP contribution in [-0.4, -0.2) is 42.3 Å². The summed E-state index contributed by atoms with van der Waals surface area (Å²) in [4.78, 5) is 14.4. The molecule has 2 saturated heterocycles. The Bertz CT molecular complexity index is 343. The zero-order valence-corrected chi connectivity index (χ0v) is 13.0. The van der Waals surface area contributed by atoms with Crippen LogP contribution in [0.2, 0.25) is 0 Å². The number of amides is 1. The second kappa shape index (κ2) is 4.97. The van der Waals surface area contributed by atoms with E-state index in [0.29, 0.717) is 12.0 Å². The molecule has 0 radical (unpaired) electrons. The largest absolute Gasteiger partial charge is 0.444 e. The van der Waals surface area contributed by atoms with Crippen molar-refractivity contribution in [1.82, 2.24) is 10.2 Å². The SMILES string of the molecule is CC1(C)CCC(C2CNC2)N(C(=O)OC(C)(C)C)C1. The Balaban J connectivity index is 2.08. The molecule has 0 aromatic carbocycles. The quantitative estimate of drug-likeness (QED) is 0.795. The van der Waals surface area contributed by atoms with Crippen molar-refractivity contribution in [3.05, 3.63) is 0 Å². The fraction of sp³-hybridized carbons (Fsp3) is 0.933. The van der Waals surface area contributed by atoms with Gasteiger partial charge in [0.15, 0.2) is 0 Å². The molecule has 0 aliphatic carbocycles. The number of hydrogen-bond donors (Lipinski definition) is 1. The first-order chi connectivity index (χ1) is 8.68. The van der Waals surface area contributed by atoms with Crippen molar-refractivity contribution in [1.29, 1.82) is 0 Å². The van der Waals surface area contributed by atoms with Gasteiger partial charge < -0.3 is 15.0 Å². The molecule has 110 valence electrons. The van der Waals surface area contributed by atoms with Crippen LogP contribution >= 0.6 is 0 Å². The van der Waals surface area contributed by atoms with Gasteiger partial charge in [-0.05, 0) is 39.0 Å². The Morgan fingerprint density at radius 3 is 2.42 bits per heavy atom. The van der Waals surface area contributed by atoms with Crippen molar-refractivity contribution < 1.29 is 9.53 Å². The van der Waals surface area contributed by atoms with Crippen molar-refractivity contribution in [2.24, 2.45) is 11.3 Å². The van der Waals surface area contributed by atoms with Crippen LogP contribution in [-0.2, 0) is 4.74 Å². The van der Waals surface area contributed by atoms with Crippen LogP contribution in [0, 0.1) is 11.3 Å². The Hall–Kier alpha value is -0.770. The van der Waals surface area contributed by atoms with Crippen molar-refractivity contribution in [2.75, 3.05) is 19.6 Å². The molecule has 2 heterocycles. The Labute approximate surface area is 116 Å². The molecule has 19 heavy (non-hydrogen) atoms. The van der Waals surface area contributed by atoms with Crippen LogP contribution in [0.5, 0.6) is 0 Å². The van der Waals surface area contributed by atoms with Crippen molar-refractivity contribution in [3.8, 4) is 0 Å². The molecule has 4 heteroatoms. The summed E-state index contributed by atoms with van der Waals surface area (Å²) in [7, 11) is 0. The van der Waals surface area contributed by atoms with E-state index in [1.807, 2.05) is 25.7 Å². The number of nitrogens with one attached hydrogen (secondary N) is 1. The molecule has 1 unspecified atom stereocenters. The number of rotatable bonds is 1. The fourth-order valence-electron chi connectivity index (χ4n) is 2.95. The van der Waals surface area contributed by atoms with E-state index < -0.39 is 5.60 Å². The molecule has 0 aromatic rings. The number of carbonyl (C=O) groups is 1. The van der Waals surface area contributed by atoms with Crippen LogP contribution in [0.4, 0.5) is 4.79 Å². The van der Waals surface area contributed by atoms with Crippen LogP contribution in [0.25, 0.3) is 0 Å². The maximum atomic E-state index is 12.4. The predicted octanol–water partition coefficient (Wildman–Crippen LogP) is 2.63. The minimum atomic E-state index is -0.416. The highest BCUT2D eigenvalue weighted by Gasteiger charge is 2.42. The average Bonchev–Trinajstić information content (AvgIpc) is 2.14. The molecule has 1 atom stereocenters. The zero-order valence-electron chi connectivity index (χ0n) is 13.0. The molecule has 4 nitrogen and oxygen atoms in total. The monoisotopic (exact) mass is 268 g/mol. The molecule has 2 aliphatic rings. The van der Waals surface area contributed by atoms with Gasteiger partial charge in [-0.1, -0.05) is 13.8 Å². The van der Waals surface area contributed by atoms with E-state index in [-0.39, 0.29) is 11.5 Å². The lowest BCUT2D eigenvalue weighted by Crippen LogP contribution is -2.60. The summed E-state index contributed by atoms with van der Waals surface area (Å²) in [6.07, 6.45) is 2.14. The summed E-state index contributed by atoms with van der Waals surface area (Å²) < 4.78 is 5.59. The van der Waals surface area contributed by atoms with Gasteiger partial charge in [0.2, 0.25) is 0 Å². The lowest BCUT2D eigenvalue weighted by molar-refractivity contribution is -0.0235. The second-order valence-electron chi connectivity index (χ2n) is 7.80. The number of hydrogen-bond acceptors (Lipinski definition) is 3. The third-order valence-corrected chi connectivity index (χ3v) is 4.10. The fourth-order valence-corrected chi connectivity index (χ4v) is 2.95. The van der Waals surface area contributed by atoms with Gasteiger partial charge in [-0.25, -0.2) is 4.79 Å².